The van der Waals surface area contributed by atoms with Crippen molar-refractivity contribution in [1.29, 1.82) is 0 Å². The van der Waals surface area contributed by atoms with Crippen LogP contribution in [0.25, 0.3) is 0 Å². The number of nitrogens with one attached hydrogen (secondary N) is 1. The third-order valence-electron chi connectivity index (χ3n) is 8.94. The summed E-state index contributed by atoms with van der Waals surface area (Å²) in [6, 6.07) is 18.5. The average Bonchev–Trinajstić information content (AvgIpc) is 3.14. The number of likely N-dealkylation sites (N-methyl/N-ethyl adjacent to an activating group) is 1. The fourth-order valence-corrected chi connectivity index (χ4v) is 5.87. The van der Waals surface area contributed by atoms with Crippen LogP contribution in [-0.2, 0) is 16.1 Å². The lowest BCUT2D eigenvalue weighted by Gasteiger charge is -2.32. The van der Waals surface area contributed by atoms with Crippen molar-refractivity contribution in [3.05, 3.63) is 77.4 Å². The molecule has 4 rings (SSSR count). The molecule has 1 N–H and O–H groups in total. The Hall–Kier alpha value is -4.97. The molecule has 3 amide bonds. The minimum atomic E-state index is -0.553. The van der Waals surface area contributed by atoms with E-state index in [0.29, 0.717) is 66.8 Å². The van der Waals surface area contributed by atoms with Crippen LogP contribution >= 0.6 is 0 Å². The van der Waals surface area contributed by atoms with Gasteiger partial charge < -0.3 is 43.7 Å². The molecule has 0 spiro atoms. The normalized spacial score (nSPS) is 13.2. The number of rotatable bonds is 18. The number of amides is 3. The average molecular weight is 747 g/mol. The summed E-state index contributed by atoms with van der Waals surface area (Å²) in [6.45, 7) is 12.4. The monoisotopic (exact) mass is 746 g/mol. The first-order valence-electron chi connectivity index (χ1n) is 18.8. The summed E-state index contributed by atoms with van der Waals surface area (Å²) in [5.74, 6) is 2.32. The number of benzene rings is 3. The molecule has 1 aliphatic heterocycles. The van der Waals surface area contributed by atoms with Gasteiger partial charge in [0.05, 0.1) is 26.0 Å². The van der Waals surface area contributed by atoms with Crippen LogP contribution in [0, 0.1) is 6.92 Å². The Kier molecular flexibility index (Phi) is 15.8. The second-order valence-electron chi connectivity index (χ2n) is 14.6. The number of nitrogens with zero attached hydrogens (tertiary/aromatic N) is 3. The maximum Gasteiger partial charge on any atom is 0.407 e. The van der Waals surface area contributed by atoms with Crippen LogP contribution in [0.15, 0.2) is 60.7 Å². The number of methoxy groups -OCH3 is 1. The molecule has 54 heavy (non-hydrogen) atoms. The standard InChI is InChI=1S/C42H58N4O8/c1-31-17-20-34(38(28-31)52-26-12-8-9-16-39(47)46-24-22-44(5)23-25-46)45(6)40(48)32-18-19-33(37(29-32)50-7)30-53-36-15-11-10-14-35(36)51-27-13-21-43-41(49)54-42(2,3)4/h10-11,14-15,17-20,28-29H,8-9,12-13,16,21-27,30H2,1-7H3,(H,43,49). The van der Waals surface area contributed by atoms with Crippen LogP contribution in [-0.4, -0.2) is 100 Å². The third-order valence-corrected chi connectivity index (χ3v) is 8.94. The number of unbranched alkanes of at least 4 members (excludes halogenated alkanes) is 2. The zero-order valence-electron chi connectivity index (χ0n) is 33.1. The predicted molar refractivity (Wildman–Crippen MR) is 210 cm³/mol. The molecule has 0 atom stereocenters. The van der Waals surface area contributed by atoms with E-state index in [2.05, 4.69) is 17.3 Å². The van der Waals surface area contributed by atoms with Crippen LogP contribution < -0.4 is 29.2 Å². The lowest BCUT2D eigenvalue weighted by molar-refractivity contribution is -0.132. The molecule has 1 saturated heterocycles. The maximum atomic E-state index is 13.8. The van der Waals surface area contributed by atoms with Crippen LogP contribution in [0.4, 0.5) is 10.5 Å². The van der Waals surface area contributed by atoms with Crippen molar-refractivity contribution >= 4 is 23.6 Å². The van der Waals surface area contributed by atoms with Crippen molar-refractivity contribution in [2.75, 3.05) is 72.0 Å². The van der Waals surface area contributed by atoms with Gasteiger partial charge in [-0.3, -0.25) is 9.59 Å². The number of carbonyl (C=O) groups excluding carboxylic acids is 3. The Morgan fingerprint density at radius 2 is 1.48 bits per heavy atom. The molecular formula is C42H58N4O8. The molecule has 294 valence electrons. The SMILES string of the molecule is COc1cc(C(=O)N(C)c2ccc(C)cc2OCCCCCC(=O)N2CCN(C)CC2)ccc1COc1ccccc1OCCCNC(=O)OC(C)(C)C. The third kappa shape index (κ3) is 13.2. The summed E-state index contributed by atoms with van der Waals surface area (Å²) in [5.41, 5.74) is 2.36. The summed E-state index contributed by atoms with van der Waals surface area (Å²) >= 11 is 0. The van der Waals surface area contributed by atoms with E-state index in [-0.39, 0.29) is 18.4 Å². The highest BCUT2D eigenvalue weighted by molar-refractivity contribution is 6.06. The van der Waals surface area contributed by atoms with Crippen molar-refractivity contribution in [3.8, 4) is 23.0 Å². The van der Waals surface area contributed by atoms with Crippen molar-refractivity contribution in [3.63, 3.8) is 0 Å². The Bertz CT molecular complexity index is 1680. The van der Waals surface area contributed by atoms with Gasteiger partial charge in [-0.05, 0) is 102 Å². The first-order chi connectivity index (χ1) is 25.8. The lowest BCUT2D eigenvalue weighted by atomic mass is 10.1. The first-order valence-corrected chi connectivity index (χ1v) is 18.8. The molecule has 3 aromatic carbocycles. The van der Waals surface area contributed by atoms with E-state index in [1.165, 1.54) is 0 Å². The molecule has 0 aliphatic carbocycles. The van der Waals surface area contributed by atoms with E-state index >= 15 is 0 Å². The second-order valence-corrected chi connectivity index (χ2v) is 14.6. The van der Waals surface area contributed by atoms with E-state index < -0.39 is 11.7 Å². The summed E-state index contributed by atoms with van der Waals surface area (Å²) in [6.07, 6.45) is 3.21. The van der Waals surface area contributed by atoms with E-state index in [1.54, 1.807) is 31.2 Å². The number of hydrogen-bond acceptors (Lipinski definition) is 9. The molecule has 0 aromatic heterocycles. The van der Waals surface area contributed by atoms with Gasteiger partial charge in [0.25, 0.3) is 5.91 Å². The minimum absolute atomic E-state index is 0.189. The van der Waals surface area contributed by atoms with E-state index in [4.69, 9.17) is 23.7 Å². The summed E-state index contributed by atoms with van der Waals surface area (Å²) in [4.78, 5) is 44.0. The topological polar surface area (TPSA) is 119 Å². The van der Waals surface area contributed by atoms with Gasteiger partial charge in [-0.2, -0.15) is 0 Å². The number of aryl methyl sites for hydroxylation is 1. The van der Waals surface area contributed by atoms with Crippen molar-refractivity contribution in [2.45, 2.75) is 72.0 Å². The minimum Gasteiger partial charge on any atom is -0.496 e. The summed E-state index contributed by atoms with van der Waals surface area (Å²) in [7, 11) is 5.38. The highest BCUT2D eigenvalue weighted by atomic mass is 16.6. The lowest BCUT2D eigenvalue weighted by Crippen LogP contribution is -2.47. The van der Waals surface area contributed by atoms with Crippen LogP contribution in [0.1, 0.15) is 74.4 Å². The summed E-state index contributed by atoms with van der Waals surface area (Å²) in [5, 5.41) is 2.73. The molecule has 0 radical (unpaired) electrons. The Morgan fingerprint density at radius 1 is 0.796 bits per heavy atom. The fourth-order valence-electron chi connectivity index (χ4n) is 5.87. The Balaban J connectivity index is 1.28. The van der Waals surface area contributed by atoms with Crippen molar-refractivity contribution < 1.29 is 38.1 Å². The van der Waals surface area contributed by atoms with Gasteiger partial charge in [-0.15, -0.1) is 0 Å². The number of alkyl carbamates (subject to hydrolysis) is 1. The second kappa shape index (κ2) is 20.5. The van der Waals surface area contributed by atoms with Gasteiger partial charge in [-0.25, -0.2) is 4.79 Å². The number of piperazine rings is 1. The highest BCUT2D eigenvalue weighted by Crippen LogP contribution is 2.32. The Morgan fingerprint density at radius 3 is 2.19 bits per heavy atom. The molecule has 12 heteroatoms. The molecule has 12 nitrogen and oxygen atoms in total. The van der Waals surface area contributed by atoms with Gasteiger partial charge in [0.2, 0.25) is 5.91 Å². The zero-order valence-corrected chi connectivity index (χ0v) is 33.1. The number of carbonyl (C=O) groups is 3. The van der Waals surface area contributed by atoms with Gasteiger partial charge >= 0.3 is 6.09 Å². The number of para-hydroxylation sites is 2. The molecule has 0 bridgehead atoms. The van der Waals surface area contributed by atoms with Crippen LogP contribution in [0.3, 0.4) is 0 Å². The van der Waals surface area contributed by atoms with Crippen molar-refractivity contribution in [2.24, 2.45) is 0 Å². The number of ether oxygens (including phenoxy) is 5. The quantitative estimate of drug-likeness (QED) is 0.139. The van der Waals surface area contributed by atoms with Gasteiger partial charge in [0.15, 0.2) is 11.5 Å². The van der Waals surface area contributed by atoms with Gasteiger partial charge in [0, 0.05) is 57.3 Å². The molecule has 3 aromatic rings. The molecule has 1 heterocycles. The van der Waals surface area contributed by atoms with E-state index in [9.17, 15) is 14.4 Å². The van der Waals surface area contributed by atoms with Crippen LogP contribution in [0.5, 0.6) is 23.0 Å². The molecule has 1 aliphatic rings. The van der Waals surface area contributed by atoms with Gasteiger partial charge in [0.1, 0.15) is 23.7 Å². The maximum absolute atomic E-state index is 13.8. The molecular weight excluding hydrogens is 688 g/mol. The smallest absolute Gasteiger partial charge is 0.407 e. The summed E-state index contributed by atoms with van der Waals surface area (Å²) < 4.78 is 29.2. The predicted octanol–water partition coefficient (Wildman–Crippen LogP) is 6.87. The fraction of sp³-hybridized carbons (Fsp3) is 0.500. The molecule has 0 saturated carbocycles. The number of hydrogen-bond donors (Lipinski definition) is 1. The molecule has 1 fully saturated rings. The van der Waals surface area contributed by atoms with E-state index in [1.807, 2.05) is 81.1 Å². The van der Waals surface area contributed by atoms with Crippen LogP contribution in [0.2, 0.25) is 0 Å². The van der Waals surface area contributed by atoms with Crippen molar-refractivity contribution in [1.82, 2.24) is 15.1 Å². The first kappa shape index (κ1) is 41.8. The largest absolute Gasteiger partial charge is 0.496 e. The highest BCUT2D eigenvalue weighted by Gasteiger charge is 2.21. The van der Waals surface area contributed by atoms with Gasteiger partial charge in [-0.1, -0.05) is 24.3 Å². The zero-order chi connectivity index (χ0) is 39.1. The molecule has 0 unspecified atom stereocenters. The Labute approximate surface area is 320 Å². The van der Waals surface area contributed by atoms with E-state index in [0.717, 1.165) is 56.6 Å². The number of anilines is 1.